The van der Waals surface area contributed by atoms with E-state index in [0.29, 0.717) is 29.2 Å². The molecule has 0 aliphatic heterocycles. The first kappa shape index (κ1) is 26.5. The molecule has 2 N–H and O–H groups in total. The zero-order valence-corrected chi connectivity index (χ0v) is 23.5. The van der Waals surface area contributed by atoms with Crippen LogP contribution in [0.2, 0.25) is 0 Å². The first-order chi connectivity index (χ1) is 19.8. The maximum atomic E-state index is 13.2. The van der Waals surface area contributed by atoms with Crippen molar-refractivity contribution >= 4 is 22.8 Å². The fourth-order valence-corrected chi connectivity index (χ4v) is 5.55. The first-order valence-electron chi connectivity index (χ1n) is 14.1. The van der Waals surface area contributed by atoms with Crippen LogP contribution in [0, 0.1) is 13.8 Å². The molecule has 2 heterocycles. The summed E-state index contributed by atoms with van der Waals surface area (Å²) in [6.07, 6.45) is 4.32. The topological polar surface area (TPSA) is 84.2 Å². The Morgan fingerprint density at radius 3 is 2.44 bits per heavy atom. The summed E-state index contributed by atoms with van der Waals surface area (Å²) in [6.45, 7) is 6.86. The number of fused-ring (bicyclic) bond motifs is 1. The Bertz CT molecular complexity index is 1760. The minimum atomic E-state index is -0.934. The molecule has 1 atom stereocenters. The number of aryl methyl sites for hydroxylation is 1. The number of aromatic carboxylic acids is 1. The molecule has 0 bridgehead atoms. The number of hydrogen-bond donors (Lipinski definition) is 2. The van der Waals surface area contributed by atoms with Crippen LogP contribution in [0.15, 0.2) is 85.1 Å². The molecule has 1 aliphatic carbocycles. The SMILES string of the molecule is Cc1c(C)n(Cc2ccc(-c3ccccc3C(=O)O)cc2)c2ccc(C(=O)N[C@H](C)c3ccc(C4CC4)nc3)cc12. The highest BCUT2D eigenvalue weighted by atomic mass is 16.4. The number of carboxylic acid groups (broad SMARTS) is 1. The van der Waals surface area contributed by atoms with E-state index in [2.05, 4.69) is 40.8 Å². The van der Waals surface area contributed by atoms with Crippen molar-refractivity contribution < 1.29 is 14.7 Å². The third kappa shape index (κ3) is 5.25. The minimum absolute atomic E-state index is 0.104. The second kappa shape index (κ2) is 10.7. The normalized spacial score (nSPS) is 13.7. The lowest BCUT2D eigenvalue weighted by Crippen LogP contribution is -2.26. The Balaban J connectivity index is 1.20. The molecule has 0 unspecified atom stereocenters. The minimum Gasteiger partial charge on any atom is -0.478 e. The number of carboxylic acids is 1. The van der Waals surface area contributed by atoms with Crippen LogP contribution < -0.4 is 5.32 Å². The van der Waals surface area contributed by atoms with Crippen molar-refractivity contribution in [2.45, 2.75) is 52.1 Å². The molecule has 1 fully saturated rings. The van der Waals surface area contributed by atoms with Crippen molar-refractivity contribution in [1.82, 2.24) is 14.9 Å². The number of carbonyl (C=O) groups excluding carboxylic acids is 1. The van der Waals surface area contributed by atoms with Crippen LogP contribution in [0.5, 0.6) is 0 Å². The predicted octanol–water partition coefficient (Wildman–Crippen LogP) is 7.44. The lowest BCUT2D eigenvalue weighted by atomic mass is 9.99. The van der Waals surface area contributed by atoms with Gasteiger partial charge >= 0.3 is 5.97 Å². The number of nitrogens with zero attached hydrogens (tertiary/aromatic N) is 2. The van der Waals surface area contributed by atoms with Crippen LogP contribution in [-0.4, -0.2) is 26.5 Å². The van der Waals surface area contributed by atoms with Gasteiger partial charge in [-0.2, -0.15) is 0 Å². The largest absolute Gasteiger partial charge is 0.478 e. The van der Waals surface area contributed by atoms with E-state index in [1.54, 1.807) is 12.1 Å². The summed E-state index contributed by atoms with van der Waals surface area (Å²) in [6, 6.07) is 25.0. The van der Waals surface area contributed by atoms with E-state index in [0.717, 1.165) is 44.5 Å². The average Bonchev–Trinajstić information content (AvgIpc) is 3.82. The Morgan fingerprint density at radius 1 is 1.00 bits per heavy atom. The van der Waals surface area contributed by atoms with E-state index in [9.17, 15) is 14.7 Å². The predicted molar refractivity (Wildman–Crippen MR) is 161 cm³/mol. The lowest BCUT2D eigenvalue weighted by molar-refractivity contribution is 0.0697. The fraction of sp³-hybridized carbons (Fsp3) is 0.229. The molecule has 0 radical (unpaired) electrons. The third-order valence-corrected chi connectivity index (χ3v) is 8.32. The monoisotopic (exact) mass is 543 g/mol. The average molecular weight is 544 g/mol. The van der Waals surface area contributed by atoms with Gasteiger partial charge in [-0.1, -0.05) is 48.5 Å². The second-order valence-corrected chi connectivity index (χ2v) is 11.1. The number of benzene rings is 3. The highest BCUT2D eigenvalue weighted by molar-refractivity contribution is 5.99. The highest BCUT2D eigenvalue weighted by Gasteiger charge is 2.25. The summed E-state index contributed by atoms with van der Waals surface area (Å²) in [5.74, 6) is -0.426. The van der Waals surface area contributed by atoms with Crippen LogP contribution >= 0.6 is 0 Å². The number of nitrogens with one attached hydrogen (secondary N) is 1. The van der Waals surface area contributed by atoms with Gasteiger partial charge in [0.2, 0.25) is 0 Å². The Morgan fingerprint density at radius 2 is 1.76 bits per heavy atom. The zero-order valence-electron chi connectivity index (χ0n) is 23.5. The molecule has 0 spiro atoms. The lowest BCUT2D eigenvalue weighted by Gasteiger charge is -2.15. The zero-order chi connectivity index (χ0) is 28.7. The molecule has 1 aliphatic rings. The summed E-state index contributed by atoms with van der Waals surface area (Å²) >= 11 is 0. The van der Waals surface area contributed by atoms with Gasteiger partial charge in [-0.25, -0.2) is 4.79 Å². The molecular formula is C35H33N3O3. The summed E-state index contributed by atoms with van der Waals surface area (Å²) < 4.78 is 2.27. The smallest absolute Gasteiger partial charge is 0.336 e. The summed E-state index contributed by atoms with van der Waals surface area (Å²) in [7, 11) is 0. The van der Waals surface area contributed by atoms with Crippen molar-refractivity contribution in [3.8, 4) is 11.1 Å². The van der Waals surface area contributed by atoms with Crippen LogP contribution in [0.3, 0.4) is 0 Å². The van der Waals surface area contributed by atoms with Gasteiger partial charge in [0, 0.05) is 46.5 Å². The van der Waals surface area contributed by atoms with Crippen molar-refractivity contribution in [3.05, 3.63) is 124 Å². The number of hydrogen-bond acceptors (Lipinski definition) is 3. The van der Waals surface area contributed by atoms with Crippen LogP contribution in [0.4, 0.5) is 0 Å². The van der Waals surface area contributed by atoms with E-state index >= 15 is 0 Å². The van der Waals surface area contributed by atoms with E-state index in [-0.39, 0.29) is 11.9 Å². The molecule has 3 aromatic carbocycles. The summed E-state index contributed by atoms with van der Waals surface area (Å²) in [5, 5.41) is 13.7. The quantitative estimate of drug-likeness (QED) is 0.213. The van der Waals surface area contributed by atoms with E-state index in [4.69, 9.17) is 0 Å². The maximum Gasteiger partial charge on any atom is 0.336 e. The van der Waals surface area contributed by atoms with Gasteiger partial charge in [-0.15, -0.1) is 0 Å². The molecule has 6 rings (SSSR count). The van der Waals surface area contributed by atoms with E-state index in [1.165, 1.54) is 12.8 Å². The van der Waals surface area contributed by atoms with Gasteiger partial charge in [-0.05, 0) is 91.8 Å². The van der Waals surface area contributed by atoms with Crippen molar-refractivity contribution in [2.24, 2.45) is 0 Å². The Labute approximate surface area is 239 Å². The molecule has 206 valence electrons. The Kier molecular flexibility index (Phi) is 6.91. The highest BCUT2D eigenvalue weighted by Crippen LogP contribution is 2.39. The van der Waals surface area contributed by atoms with Crippen LogP contribution in [0.1, 0.15) is 80.5 Å². The second-order valence-electron chi connectivity index (χ2n) is 11.1. The van der Waals surface area contributed by atoms with Crippen molar-refractivity contribution in [3.63, 3.8) is 0 Å². The number of carbonyl (C=O) groups is 2. The Hall–Kier alpha value is -4.71. The van der Waals surface area contributed by atoms with Crippen LogP contribution in [0.25, 0.3) is 22.0 Å². The van der Waals surface area contributed by atoms with Crippen LogP contribution in [-0.2, 0) is 6.54 Å². The first-order valence-corrected chi connectivity index (χ1v) is 14.1. The van der Waals surface area contributed by atoms with Crippen molar-refractivity contribution in [1.29, 1.82) is 0 Å². The third-order valence-electron chi connectivity index (χ3n) is 8.32. The van der Waals surface area contributed by atoms with Gasteiger partial charge in [0.05, 0.1) is 11.6 Å². The molecular weight excluding hydrogens is 510 g/mol. The fourth-order valence-electron chi connectivity index (χ4n) is 5.55. The van der Waals surface area contributed by atoms with Gasteiger partial charge in [0.15, 0.2) is 0 Å². The molecule has 2 aromatic heterocycles. The molecule has 6 nitrogen and oxygen atoms in total. The molecule has 1 amide bonds. The number of aromatic nitrogens is 2. The molecule has 6 heteroatoms. The molecule has 5 aromatic rings. The van der Waals surface area contributed by atoms with Gasteiger partial charge in [-0.3, -0.25) is 9.78 Å². The van der Waals surface area contributed by atoms with Gasteiger partial charge in [0.25, 0.3) is 5.91 Å². The standard InChI is InChI=1S/C35H33N3O3/c1-21-23(3)38(20-24-8-10-25(11-9-24)29-6-4-5-7-30(29)35(40)41)33-17-15-27(18-31(21)33)34(39)37-22(2)28-14-16-32(36-19-28)26-12-13-26/h4-11,14-19,22,26H,12-13,20H2,1-3H3,(H,37,39)(H,40,41)/t22-/m1/s1. The number of rotatable bonds is 8. The molecule has 1 saturated carbocycles. The summed E-state index contributed by atoms with van der Waals surface area (Å²) in [5.41, 5.74) is 9.13. The molecule has 41 heavy (non-hydrogen) atoms. The van der Waals surface area contributed by atoms with Gasteiger partial charge in [0.1, 0.15) is 0 Å². The van der Waals surface area contributed by atoms with E-state index < -0.39 is 5.97 Å². The maximum absolute atomic E-state index is 13.2. The van der Waals surface area contributed by atoms with Crippen molar-refractivity contribution in [2.75, 3.05) is 0 Å². The van der Waals surface area contributed by atoms with Gasteiger partial charge < -0.3 is 15.0 Å². The summed E-state index contributed by atoms with van der Waals surface area (Å²) in [4.78, 5) is 29.4. The number of pyridine rings is 1. The molecule has 0 saturated heterocycles. The number of amides is 1. The van der Waals surface area contributed by atoms with E-state index in [1.807, 2.05) is 67.7 Å².